The van der Waals surface area contributed by atoms with Gasteiger partial charge in [0, 0.05) is 12.6 Å². The van der Waals surface area contributed by atoms with Gasteiger partial charge in [-0.25, -0.2) is 9.78 Å². The minimum Gasteiger partial charge on any atom is -0.464 e. The molecule has 2 aliphatic heterocycles. The van der Waals surface area contributed by atoms with Crippen molar-refractivity contribution in [2.75, 3.05) is 25.9 Å². The van der Waals surface area contributed by atoms with Crippen LogP contribution in [0.2, 0.25) is 0 Å². The Kier molecular flexibility index (Phi) is 3.18. The molecule has 0 aliphatic carbocycles. The molecule has 0 radical (unpaired) electrons. The summed E-state index contributed by atoms with van der Waals surface area (Å²) in [5, 5.41) is 0. The van der Waals surface area contributed by atoms with Gasteiger partial charge in [-0.3, -0.25) is 4.90 Å². The molecule has 3 rings (SSSR count). The van der Waals surface area contributed by atoms with Crippen molar-refractivity contribution in [3.8, 4) is 0 Å². The van der Waals surface area contributed by atoms with E-state index in [1.807, 2.05) is 4.57 Å². The number of methoxy groups -OCH3 is 1. The van der Waals surface area contributed by atoms with Gasteiger partial charge in [0.1, 0.15) is 5.82 Å². The van der Waals surface area contributed by atoms with Gasteiger partial charge in [0.05, 0.1) is 19.5 Å². The molecule has 2 fully saturated rings. The molecule has 6 nitrogen and oxygen atoms in total. The Bertz CT molecular complexity index is 485. The molecular weight excluding hydrogens is 244 g/mol. The van der Waals surface area contributed by atoms with Crippen LogP contribution in [0.15, 0.2) is 6.33 Å². The number of rotatable bonds is 2. The number of hydrogen-bond acceptors (Lipinski definition) is 5. The number of imidazole rings is 1. The Balaban J connectivity index is 1.86. The van der Waals surface area contributed by atoms with E-state index in [-0.39, 0.29) is 5.69 Å². The summed E-state index contributed by atoms with van der Waals surface area (Å²) < 4.78 is 6.66. The molecule has 0 amide bonds. The van der Waals surface area contributed by atoms with E-state index in [0.29, 0.717) is 17.9 Å². The van der Waals surface area contributed by atoms with Crippen molar-refractivity contribution in [3.63, 3.8) is 0 Å². The lowest BCUT2D eigenvalue weighted by Crippen LogP contribution is -2.37. The number of piperidine rings is 1. The molecule has 0 spiro atoms. The zero-order valence-electron chi connectivity index (χ0n) is 11.2. The van der Waals surface area contributed by atoms with Crippen LogP contribution < -0.4 is 5.73 Å². The fraction of sp³-hybridized carbons (Fsp3) is 0.692. The van der Waals surface area contributed by atoms with Gasteiger partial charge >= 0.3 is 5.97 Å². The molecule has 2 N–H and O–H groups in total. The number of esters is 1. The first-order valence-electron chi connectivity index (χ1n) is 6.87. The largest absolute Gasteiger partial charge is 0.464 e. The Labute approximate surface area is 112 Å². The lowest BCUT2D eigenvalue weighted by molar-refractivity contribution is 0.0596. The van der Waals surface area contributed by atoms with Crippen molar-refractivity contribution in [1.29, 1.82) is 0 Å². The van der Waals surface area contributed by atoms with E-state index in [0.717, 1.165) is 13.0 Å². The average molecular weight is 264 g/mol. The molecule has 3 heterocycles. The van der Waals surface area contributed by atoms with E-state index >= 15 is 0 Å². The van der Waals surface area contributed by atoms with Gasteiger partial charge in [0.25, 0.3) is 0 Å². The standard InChI is InChI=1S/C13H20N4O2/c1-19-13(18)11-12(14)17(8-15-11)10-5-7-16-6-3-2-4-9(10)16/h8-10H,2-7,14H2,1H3. The number of fused-ring (bicyclic) bond motifs is 1. The minimum atomic E-state index is -0.463. The molecule has 19 heavy (non-hydrogen) atoms. The Morgan fingerprint density at radius 2 is 2.21 bits per heavy atom. The third-order valence-electron chi connectivity index (χ3n) is 4.39. The summed E-state index contributed by atoms with van der Waals surface area (Å²) in [7, 11) is 1.35. The predicted octanol–water partition coefficient (Wildman–Crippen LogP) is 1.05. The first-order chi connectivity index (χ1) is 9.22. The normalized spacial score (nSPS) is 27.2. The molecular formula is C13H20N4O2. The Morgan fingerprint density at radius 1 is 1.37 bits per heavy atom. The van der Waals surface area contributed by atoms with Gasteiger partial charge in [-0.1, -0.05) is 6.42 Å². The molecule has 0 saturated carbocycles. The lowest BCUT2D eigenvalue weighted by Gasteiger charge is -2.33. The highest BCUT2D eigenvalue weighted by Crippen LogP contribution is 2.36. The van der Waals surface area contributed by atoms with E-state index in [2.05, 4.69) is 9.88 Å². The molecule has 2 aliphatic rings. The Hall–Kier alpha value is -1.56. The lowest BCUT2D eigenvalue weighted by atomic mass is 9.99. The van der Waals surface area contributed by atoms with E-state index in [4.69, 9.17) is 10.5 Å². The molecule has 2 atom stereocenters. The van der Waals surface area contributed by atoms with E-state index in [1.54, 1.807) is 6.33 Å². The van der Waals surface area contributed by atoms with Gasteiger partial charge in [-0.05, 0) is 25.8 Å². The highest BCUT2D eigenvalue weighted by molar-refractivity contribution is 5.92. The van der Waals surface area contributed by atoms with Gasteiger partial charge < -0.3 is 15.0 Å². The van der Waals surface area contributed by atoms with Crippen LogP contribution in [0.1, 0.15) is 42.2 Å². The molecule has 1 aromatic heterocycles. The molecule has 0 bridgehead atoms. The monoisotopic (exact) mass is 264 g/mol. The van der Waals surface area contributed by atoms with E-state index < -0.39 is 5.97 Å². The highest BCUT2D eigenvalue weighted by atomic mass is 16.5. The van der Waals surface area contributed by atoms with E-state index in [1.165, 1.54) is 32.9 Å². The number of carbonyl (C=O) groups is 1. The van der Waals surface area contributed by atoms with Crippen LogP contribution in [0, 0.1) is 0 Å². The van der Waals surface area contributed by atoms with Crippen LogP contribution in [0.25, 0.3) is 0 Å². The van der Waals surface area contributed by atoms with Crippen molar-refractivity contribution in [3.05, 3.63) is 12.0 Å². The second-order valence-electron chi connectivity index (χ2n) is 5.33. The maximum absolute atomic E-state index is 11.6. The number of hydrogen-bond donors (Lipinski definition) is 1. The zero-order valence-corrected chi connectivity index (χ0v) is 11.2. The second-order valence-corrected chi connectivity index (χ2v) is 5.33. The van der Waals surface area contributed by atoms with Crippen molar-refractivity contribution in [2.45, 2.75) is 37.8 Å². The maximum Gasteiger partial charge on any atom is 0.360 e. The third-order valence-corrected chi connectivity index (χ3v) is 4.39. The van der Waals surface area contributed by atoms with Crippen molar-refractivity contribution >= 4 is 11.8 Å². The molecule has 0 aromatic carbocycles. The number of aromatic nitrogens is 2. The molecule has 1 aromatic rings. The molecule has 104 valence electrons. The number of nitrogens with zero attached hydrogens (tertiary/aromatic N) is 3. The predicted molar refractivity (Wildman–Crippen MR) is 70.8 cm³/mol. The van der Waals surface area contributed by atoms with Crippen molar-refractivity contribution in [2.24, 2.45) is 0 Å². The van der Waals surface area contributed by atoms with Crippen LogP contribution in [0.5, 0.6) is 0 Å². The minimum absolute atomic E-state index is 0.233. The molecule has 6 heteroatoms. The number of anilines is 1. The van der Waals surface area contributed by atoms with Crippen LogP contribution in [0.4, 0.5) is 5.82 Å². The number of ether oxygens (including phenoxy) is 1. The summed E-state index contributed by atoms with van der Waals surface area (Å²) in [6.45, 7) is 2.29. The fourth-order valence-corrected chi connectivity index (χ4v) is 3.43. The summed E-state index contributed by atoms with van der Waals surface area (Å²) in [6, 6.07) is 0.877. The van der Waals surface area contributed by atoms with Crippen LogP contribution >= 0.6 is 0 Å². The van der Waals surface area contributed by atoms with Crippen molar-refractivity contribution < 1.29 is 9.53 Å². The highest BCUT2D eigenvalue weighted by Gasteiger charge is 2.37. The first-order valence-corrected chi connectivity index (χ1v) is 6.87. The number of carbonyl (C=O) groups excluding carboxylic acids is 1. The number of nitrogen functional groups attached to an aromatic ring is 1. The quantitative estimate of drug-likeness (QED) is 0.808. The van der Waals surface area contributed by atoms with Crippen molar-refractivity contribution in [1.82, 2.24) is 14.5 Å². The van der Waals surface area contributed by atoms with E-state index in [9.17, 15) is 4.79 Å². The van der Waals surface area contributed by atoms with Crippen LogP contribution in [-0.2, 0) is 4.74 Å². The zero-order chi connectivity index (χ0) is 13.4. The Morgan fingerprint density at radius 3 is 3.00 bits per heavy atom. The van der Waals surface area contributed by atoms with Gasteiger partial charge in [-0.2, -0.15) is 0 Å². The first kappa shape index (κ1) is 12.5. The number of nitrogens with two attached hydrogens (primary N) is 1. The second kappa shape index (κ2) is 4.85. The smallest absolute Gasteiger partial charge is 0.360 e. The summed E-state index contributed by atoms with van der Waals surface area (Å²) in [4.78, 5) is 18.2. The van der Waals surface area contributed by atoms with Crippen LogP contribution in [-0.4, -0.2) is 46.7 Å². The fourth-order valence-electron chi connectivity index (χ4n) is 3.43. The third kappa shape index (κ3) is 2.00. The average Bonchev–Trinajstić information content (AvgIpc) is 3.01. The summed E-state index contributed by atoms with van der Waals surface area (Å²) in [5.41, 5.74) is 6.30. The summed E-state index contributed by atoms with van der Waals surface area (Å²) in [5.74, 6) is -0.0287. The molecule has 2 unspecified atom stereocenters. The van der Waals surface area contributed by atoms with Crippen LogP contribution in [0.3, 0.4) is 0 Å². The molecule has 2 saturated heterocycles. The SMILES string of the molecule is COC(=O)c1ncn(C2CCN3CCCCC23)c1N. The van der Waals surface area contributed by atoms with Gasteiger partial charge in [-0.15, -0.1) is 0 Å². The summed E-state index contributed by atoms with van der Waals surface area (Å²) >= 11 is 0. The maximum atomic E-state index is 11.6. The summed E-state index contributed by atoms with van der Waals surface area (Å²) in [6.07, 6.45) is 6.53. The topological polar surface area (TPSA) is 73.4 Å². The van der Waals surface area contributed by atoms with Gasteiger partial charge in [0.2, 0.25) is 0 Å². The van der Waals surface area contributed by atoms with Gasteiger partial charge in [0.15, 0.2) is 5.69 Å².